The van der Waals surface area contributed by atoms with Crippen LogP contribution >= 0.6 is 0 Å². The summed E-state index contributed by atoms with van der Waals surface area (Å²) >= 11 is 0. The van der Waals surface area contributed by atoms with E-state index < -0.39 is 0 Å². The molecule has 1 saturated carbocycles. The fourth-order valence-corrected chi connectivity index (χ4v) is 3.03. The van der Waals surface area contributed by atoms with Gasteiger partial charge in [0, 0.05) is 12.6 Å². The molecule has 3 heteroatoms. The quantitative estimate of drug-likeness (QED) is 0.819. The maximum Gasteiger partial charge on any atom is 0.0809 e. The smallest absolute Gasteiger partial charge is 0.0809 e. The molecule has 2 fully saturated rings. The van der Waals surface area contributed by atoms with E-state index in [1.165, 1.54) is 25.7 Å². The predicted octanol–water partition coefficient (Wildman–Crippen LogP) is 2.35. The highest BCUT2D eigenvalue weighted by Gasteiger charge is 2.35. The highest BCUT2D eigenvalue weighted by Crippen LogP contribution is 2.36. The molecule has 1 heterocycles. The molecule has 17 heavy (non-hydrogen) atoms. The Hall–Kier alpha value is -0.120. The Labute approximate surface area is 105 Å². The molecule has 0 aromatic heterocycles. The molecule has 1 aliphatic heterocycles. The van der Waals surface area contributed by atoms with Gasteiger partial charge in [-0.2, -0.15) is 0 Å². The molecule has 3 unspecified atom stereocenters. The predicted molar refractivity (Wildman–Crippen MR) is 69.2 cm³/mol. The van der Waals surface area contributed by atoms with Crippen LogP contribution in [-0.2, 0) is 9.47 Å². The maximum atomic E-state index is 6.12. The Morgan fingerprint density at radius 2 is 2.18 bits per heavy atom. The minimum absolute atomic E-state index is 0.345. The average Bonchev–Trinajstić information content (AvgIpc) is 2.78. The lowest BCUT2D eigenvalue weighted by atomic mass is 9.74. The zero-order valence-corrected chi connectivity index (χ0v) is 11.5. The zero-order chi connectivity index (χ0) is 12.3. The summed E-state index contributed by atoms with van der Waals surface area (Å²) < 4.78 is 11.7. The van der Waals surface area contributed by atoms with Gasteiger partial charge in [-0.3, -0.25) is 0 Å². The van der Waals surface area contributed by atoms with E-state index in [2.05, 4.69) is 19.2 Å². The Morgan fingerprint density at radius 3 is 2.82 bits per heavy atom. The maximum absolute atomic E-state index is 6.12. The van der Waals surface area contributed by atoms with Crippen molar-refractivity contribution in [3.63, 3.8) is 0 Å². The first kappa shape index (κ1) is 13.3. The van der Waals surface area contributed by atoms with E-state index in [4.69, 9.17) is 9.47 Å². The molecule has 3 nitrogen and oxygen atoms in total. The third-order valence-electron chi connectivity index (χ3n) is 4.23. The summed E-state index contributed by atoms with van der Waals surface area (Å²) in [5.74, 6) is 0. The summed E-state index contributed by atoms with van der Waals surface area (Å²) in [6.45, 7) is 6.39. The molecule has 0 radical (unpaired) electrons. The van der Waals surface area contributed by atoms with Crippen molar-refractivity contribution < 1.29 is 9.47 Å². The molecule has 1 aliphatic carbocycles. The Balaban J connectivity index is 1.82. The summed E-state index contributed by atoms with van der Waals surface area (Å²) in [5.41, 5.74) is 0.425. The average molecular weight is 241 g/mol. The van der Waals surface area contributed by atoms with Gasteiger partial charge in [0.15, 0.2) is 0 Å². The van der Waals surface area contributed by atoms with E-state index in [0.717, 1.165) is 19.6 Å². The molecule has 0 aromatic carbocycles. The lowest BCUT2D eigenvalue weighted by molar-refractivity contribution is -0.0638. The van der Waals surface area contributed by atoms with E-state index in [9.17, 15) is 0 Å². The zero-order valence-electron chi connectivity index (χ0n) is 11.5. The van der Waals surface area contributed by atoms with Gasteiger partial charge in [0.1, 0.15) is 0 Å². The molecular formula is C14H27NO2. The number of hydrogen-bond acceptors (Lipinski definition) is 3. The molecular weight excluding hydrogens is 214 g/mol. The first-order chi connectivity index (χ1) is 8.11. The van der Waals surface area contributed by atoms with E-state index in [-0.39, 0.29) is 0 Å². The fourth-order valence-electron chi connectivity index (χ4n) is 3.03. The summed E-state index contributed by atoms with van der Waals surface area (Å²) in [7, 11) is 2.05. The lowest BCUT2D eigenvalue weighted by Crippen LogP contribution is -2.47. The molecule has 1 N–H and O–H groups in total. The summed E-state index contributed by atoms with van der Waals surface area (Å²) in [6.07, 6.45) is 6.73. The monoisotopic (exact) mass is 241 g/mol. The number of likely N-dealkylation sites (N-methyl/N-ethyl adjacent to an activating group) is 1. The topological polar surface area (TPSA) is 30.5 Å². The second-order valence-corrected chi connectivity index (χ2v) is 6.31. The molecule has 2 aliphatic rings. The molecule has 0 amide bonds. The first-order valence-corrected chi connectivity index (χ1v) is 7.01. The highest BCUT2D eigenvalue weighted by atomic mass is 16.5. The molecule has 100 valence electrons. The SMILES string of the molecule is CNC1CCC(C)(C)CC1OCC1CCCO1. The number of nitrogens with one attached hydrogen (secondary N) is 1. The van der Waals surface area contributed by atoms with Crippen LogP contribution in [0.3, 0.4) is 0 Å². The van der Waals surface area contributed by atoms with Gasteiger partial charge in [-0.05, 0) is 44.6 Å². The molecule has 0 aromatic rings. The van der Waals surface area contributed by atoms with E-state index in [0.29, 0.717) is 23.7 Å². The summed E-state index contributed by atoms with van der Waals surface area (Å²) in [4.78, 5) is 0. The third kappa shape index (κ3) is 3.67. The number of rotatable bonds is 4. The van der Waals surface area contributed by atoms with Crippen molar-refractivity contribution in [3.05, 3.63) is 0 Å². The van der Waals surface area contributed by atoms with Crippen LogP contribution in [0.15, 0.2) is 0 Å². The molecule has 0 spiro atoms. The van der Waals surface area contributed by atoms with Gasteiger partial charge >= 0.3 is 0 Å². The van der Waals surface area contributed by atoms with Gasteiger partial charge in [0.05, 0.1) is 18.8 Å². The molecule has 1 saturated heterocycles. The number of ether oxygens (including phenoxy) is 2. The third-order valence-corrected chi connectivity index (χ3v) is 4.23. The van der Waals surface area contributed by atoms with E-state index in [1.54, 1.807) is 0 Å². The second-order valence-electron chi connectivity index (χ2n) is 6.31. The van der Waals surface area contributed by atoms with Gasteiger partial charge in [-0.25, -0.2) is 0 Å². The van der Waals surface area contributed by atoms with Crippen molar-refractivity contribution in [3.8, 4) is 0 Å². The van der Waals surface area contributed by atoms with Crippen LogP contribution in [0.4, 0.5) is 0 Å². The highest BCUT2D eigenvalue weighted by molar-refractivity contribution is 4.89. The number of hydrogen-bond donors (Lipinski definition) is 1. The van der Waals surface area contributed by atoms with Crippen molar-refractivity contribution in [2.75, 3.05) is 20.3 Å². The second kappa shape index (κ2) is 5.68. The van der Waals surface area contributed by atoms with Crippen molar-refractivity contribution in [2.45, 2.75) is 64.2 Å². The Bertz CT molecular complexity index is 236. The van der Waals surface area contributed by atoms with Gasteiger partial charge < -0.3 is 14.8 Å². The van der Waals surface area contributed by atoms with Crippen molar-refractivity contribution in [1.82, 2.24) is 5.32 Å². The molecule has 0 bridgehead atoms. The van der Waals surface area contributed by atoms with E-state index in [1.807, 2.05) is 7.05 Å². The molecule has 2 rings (SSSR count). The first-order valence-electron chi connectivity index (χ1n) is 7.01. The lowest BCUT2D eigenvalue weighted by Gasteiger charge is -2.40. The van der Waals surface area contributed by atoms with Gasteiger partial charge in [-0.1, -0.05) is 13.8 Å². The van der Waals surface area contributed by atoms with Crippen LogP contribution in [0.1, 0.15) is 46.0 Å². The van der Waals surface area contributed by atoms with Crippen LogP contribution in [0.25, 0.3) is 0 Å². The largest absolute Gasteiger partial charge is 0.376 e. The Kier molecular flexibility index (Phi) is 4.45. The van der Waals surface area contributed by atoms with Crippen molar-refractivity contribution >= 4 is 0 Å². The van der Waals surface area contributed by atoms with Gasteiger partial charge in [0.25, 0.3) is 0 Å². The normalized spacial score (nSPS) is 37.2. The van der Waals surface area contributed by atoms with Gasteiger partial charge in [-0.15, -0.1) is 0 Å². The van der Waals surface area contributed by atoms with Crippen LogP contribution in [0, 0.1) is 5.41 Å². The Morgan fingerprint density at radius 1 is 1.35 bits per heavy atom. The minimum atomic E-state index is 0.345. The summed E-state index contributed by atoms with van der Waals surface area (Å²) in [6, 6.07) is 0.518. The van der Waals surface area contributed by atoms with Crippen LogP contribution in [0.2, 0.25) is 0 Å². The van der Waals surface area contributed by atoms with Crippen molar-refractivity contribution in [2.24, 2.45) is 5.41 Å². The standard InChI is InChI=1S/C14H27NO2/c1-14(2)7-6-12(15-3)13(9-14)17-10-11-5-4-8-16-11/h11-13,15H,4-10H2,1-3H3. The van der Waals surface area contributed by atoms with Crippen LogP contribution < -0.4 is 5.32 Å². The fraction of sp³-hybridized carbons (Fsp3) is 1.00. The van der Waals surface area contributed by atoms with Crippen LogP contribution in [0.5, 0.6) is 0 Å². The van der Waals surface area contributed by atoms with Gasteiger partial charge in [0.2, 0.25) is 0 Å². The minimum Gasteiger partial charge on any atom is -0.376 e. The molecule has 3 atom stereocenters. The summed E-state index contributed by atoms with van der Waals surface area (Å²) in [5, 5.41) is 3.40. The van der Waals surface area contributed by atoms with Crippen molar-refractivity contribution in [1.29, 1.82) is 0 Å². The van der Waals surface area contributed by atoms with E-state index >= 15 is 0 Å². The van der Waals surface area contributed by atoms with Crippen LogP contribution in [-0.4, -0.2) is 38.5 Å².